The summed E-state index contributed by atoms with van der Waals surface area (Å²) in [5, 5.41) is 3.56. The van der Waals surface area contributed by atoms with E-state index in [9.17, 15) is 19.0 Å². The van der Waals surface area contributed by atoms with Gasteiger partial charge in [0, 0.05) is 28.8 Å². The van der Waals surface area contributed by atoms with Gasteiger partial charge in [0.05, 0.1) is 25.4 Å². The van der Waals surface area contributed by atoms with Crippen LogP contribution in [0.5, 0.6) is 0 Å². The molecule has 0 aliphatic carbocycles. The predicted molar refractivity (Wildman–Crippen MR) is 90.9 cm³/mol. The van der Waals surface area contributed by atoms with Crippen molar-refractivity contribution >= 4 is 20.5 Å². The summed E-state index contributed by atoms with van der Waals surface area (Å²) in [6.45, 7) is 0.913. The summed E-state index contributed by atoms with van der Waals surface area (Å²) in [5.41, 5.74) is 7.75. The number of rotatable bonds is 8. The topological polar surface area (TPSA) is 171 Å². The number of hydrogen-bond donors (Lipinski definition) is 2. The van der Waals surface area contributed by atoms with Crippen molar-refractivity contribution in [1.82, 2.24) is 9.55 Å². The van der Waals surface area contributed by atoms with E-state index in [2.05, 4.69) is 32.2 Å². The molecule has 26 heavy (non-hydrogen) atoms. The van der Waals surface area contributed by atoms with Crippen LogP contribution in [0.3, 0.4) is 0 Å². The van der Waals surface area contributed by atoms with Crippen LogP contribution in [0, 0.1) is 6.92 Å². The van der Waals surface area contributed by atoms with Crippen molar-refractivity contribution in [3.05, 3.63) is 43.0 Å². The molecule has 1 fully saturated rings. The first-order chi connectivity index (χ1) is 12.3. The number of nitrogens with one attached hydrogen (secondary N) is 1. The lowest BCUT2D eigenvalue weighted by molar-refractivity contribution is -0.227. The van der Waals surface area contributed by atoms with Crippen LogP contribution in [0.1, 0.15) is 18.2 Å². The Morgan fingerprint density at radius 3 is 2.96 bits per heavy atom. The Morgan fingerprint density at radius 1 is 1.58 bits per heavy atom. The summed E-state index contributed by atoms with van der Waals surface area (Å²) in [6.07, 6.45) is -0.357. The van der Waals surface area contributed by atoms with Gasteiger partial charge in [0.1, 0.15) is 6.23 Å². The fourth-order valence-corrected chi connectivity index (χ4v) is 3.33. The number of azide groups is 1. The van der Waals surface area contributed by atoms with Crippen molar-refractivity contribution in [3.8, 4) is 0 Å². The third kappa shape index (κ3) is 5.21. The van der Waals surface area contributed by atoms with Gasteiger partial charge < -0.3 is 18.7 Å². The average molecular weight is 406 g/mol. The number of aryl methyl sites for hydroxylation is 1. The molecule has 0 aromatic carbocycles. The maximum absolute atomic E-state index is 12.0. The van der Waals surface area contributed by atoms with Crippen LogP contribution in [0.25, 0.3) is 10.4 Å². The van der Waals surface area contributed by atoms with Gasteiger partial charge >= 0.3 is 5.69 Å². The minimum atomic E-state index is -4.55. The molecule has 1 N–H and O–H groups in total. The number of nitrogens with zero attached hydrogens (tertiary/aromatic N) is 4. The van der Waals surface area contributed by atoms with Gasteiger partial charge in [-0.2, -0.15) is 12.6 Å². The Labute approximate surface area is 152 Å². The SMILES string of the molecule is Cc1cn(C2CC(N=[N+]=[N-])C(COP(=O)([O-])OCCS)O2)c(=O)[nH]c1=O. The molecule has 144 valence electrons. The molecule has 0 spiro atoms. The minimum Gasteiger partial charge on any atom is -0.756 e. The van der Waals surface area contributed by atoms with E-state index in [1.807, 2.05) is 0 Å². The Hall–Kier alpha value is -1.59. The first kappa shape index (κ1) is 20.7. The van der Waals surface area contributed by atoms with Crippen LogP contribution >= 0.6 is 20.5 Å². The van der Waals surface area contributed by atoms with E-state index in [1.54, 1.807) is 0 Å². The van der Waals surface area contributed by atoms with Gasteiger partial charge in [0.25, 0.3) is 13.4 Å². The molecule has 4 unspecified atom stereocenters. The number of phosphoric acid groups is 1. The average Bonchev–Trinajstić information content (AvgIpc) is 2.98. The van der Waals surface area contributed by atoms with E-state index in [0.717, 1.165) is 4.57 Å². The second kappa shape index (κ2) is 8.87. The molecule has 4 atom stereocenters. The fraction of sp³-hybridized carbons (Fsp3) is 0.667. The zero-order valence-electron chi connectivity index (χ0n) is 13.7. The maximum atomic E-state index is 12.0. The number of aromatic amines is 1. The van der Waals surface area contributed by atoms with E-state index < -0.39 is 44.1 Å². The van der Waals surface area contributed by atoms with E-state index in [0.29, 0.717) is 0 Å². The lowest BCUT2D eigenvalue weighted by Gasteiger charge is -2.25. The molecule has 2 rings (SSSR count). The highest BCUT2D eigenvalue weighted by Gasteiger charge is 2.37. The number of hydrogen-bond acceptors (Lipinski definition) is 9. The van der Waals surface area contributed by atoms with Gasteiger partial charge in [-0.3, -0.25) is 18.9 Å². The summed E-state index contributed by atoms with van der Waals surface area (Å²) in [5.74, 6) is 0.188. The molecule has 0 amide bonds. The molecular formula is C12H17N5O7PS-. The summed E-state index contributed by atoms with van der Waals surface area (Å²) in [6, 6.07) is -0.769. The number of thiol groups is 1. The van der Waals surface area contributed by atoms with Crippen LogP contribution in [-0.2, 0) is 18.3 Å². The van der Waals surface area contributed by atoms with Gasteiger partial charge in [-0.15, -0.1) is 0 Å². The van der Waals surface area contributed by atoms with Crippen molar-refractivity contribution in [3.63, 3.8) is 0 Å². The van der Waals surface area contributed by atoms with E-state index in [1.165, 1.54) is 13.1 Å². The highest BCUT2D eigenvalue weighted by molar-refractivity contribution is 7.80. The second-order valence-electron chi connectivity index (χ2n) is 5.42. The normalized spacial score (nSPS) is 24.8. The number of aromatic nitrogens is 2. The molecule has 0 saturated carbocycles. The molecule has 0 radical (unpaired) electrons. The van der Waals surface area contributed by atoms with E-state index >= 15 is 0 Å². The Bertz CT molecular complexity index is 851. The van der Waals surface area contributed by atoms with E-state index in [4.69, 9.17) is 14.8 Å². The van der Waals surface area contributed by atoms with Crippen LogP contribution in [-0.4, -0.2) is 40.7 Å². The largest absolute Gasteiger partial charge is 0.756 e. The van der Waals surface area contributed by atoms with Crippen LogP contribution in [0.4, 0.5) is 0 Å². The molecular weight excluding hydrogens is 389 g/mol. The van der Waals surface area contributed by atoms with Crippen molar-refractivity contribution in [2.75, 3.05) is 19.0 Å². The summed E-state index contributed by atoms with van der Waals surface area (Å²) < 4.78 is 27.6. The summed E-state index contributed by atoms with van der Waals surface area (Å²) in [4.78, 5) is 39.8. The zero-order valence-corrected chi connectivity index (χ0v) is 15.5. The van der Waals surface area contributed by atoms with Crippen molar-refractivity contribution in [1.29, 1.82) is 0 Å². The minimum absolute atomic E-state index is 0.101. The van der Waals surface area contributed by atoms with Crippen LogP contribution in [0.15, 0.2) is 20.9 Å². The monoisotopic (exact) mass is 406 g/mol. The quantitative estimate of drug-likeness (QED) is 0.205. The van der Waals surface area contributed by atoms with Crippen molar-refractivity contribution < 1.29 is 23.2 Å². The molecule has 2 heterocycles. The Balaban J connectivity index is 2.14. The highest BCUT2D eigenvalue weighted by atomic mass is 32.1. The smallest absolute Gasteiger partial charge is 0.330 e. The first-order valence-electron chi connectivity index (χ1n) is 7.50. The fourth-order valence-electron chi connectivity index (χ4n) is 2.38. The molecule has 0 bridgehead atoms. The number of H-pyrrole nitrogens is 1. The summed E-state index contributed by atoms with van der Waals surface area (Å²) in [7, 11) is -4.55. The van der Waals surface area contributed by atoms with E-state index in [-0.39, 0.29) is 24.3 Å². The standard InChI is InChI=1S/C12H18N5O7PS/c1-7-5-17(12(19)14-11(7)18)10-4-8(15-16-13)9(24-10)6-23-25(20,21)22-2-3-26/h5,8-10,26H,2-4,6H2,1H3,(H,20,21)(H,14,18,19)/p-1. The van der Waals surface area contributed by atoms with Crippen molar-refractivity contribution in [2.45, 2.75) is 31.7 Å². The van der Waals surface area contributed by atoms with Crippen molar-refractivity contribution in [2.24, 2.45) is 5.11 Å². The van der Waals surface area contributed by atoms with Crippen LogP contribution in [0.2, 0.25) is 0 Å². The van der Waals surface area contributed by atoms with Gasteiger partial charge in [0.2, 0.25) is 0 Å². The highest BCUT2D eigenvalue weighted by Crippen LogP contribution is 2.40. The lowest BCUT2D eigenvalue weighted by atomic mass is 10.1. The number of ether oxygens (including phenoxy) is 1. The third-order valence-corrected chi connectivity index (χ3v) is 4.74. The molecule has 12 nitrogen and oxygen atoms in total. The molecule has 1 aromatic rings. The van der Waals surface area contributed by atoms with Gasteiger partial charge in [-0.1, -0.05) is 5.11 Å². The molecule has 1 aromatic heterocycles. The lowest BCUT2D eigenvalue weighted by Crippen LogP contribution is -2.33. The summed E-state index contributed by atoms with van der Waals surface area (Å²) >= 11 is 3.83. The molecule has 1 saturated heterocycles. The second-order valence-corrected chi connectivity index (χ2v) is 7.27. The van der Waals surface area contributed by atoms with Gasteiger partial charge in [-0.25, -0.2) is 4.79 Å². The van der Waals surface area contributed by atoms with Crippen LogP contribution < -0.4 is 16.1 Å². The van der Waals surface area contributed by atoms with Gasteiger partial charge in [-0.05, 0) is 12.5 Å². The molecule has 14 heteroatoms. The Morgan fingerprint density at radius 2 is 2.31 bits per heavy atom. The number of phosphoric ester groups is 1. The molecule has 1 aliphatic heterocycles. The Kier molecular flexibility index (Phi) is 7.07. The third-order valence-electron chi connectivity index (χ3n) is 3.60. The first-order valence-corrected chi connectivity index (χ1v) is 9.59. The zero-order chi connectivity index (χ0) is 19.3. The predicted octanol–water partition coefficient (Wildman–Crippen LogP) is 0.243. The van der Waals surface area contributed by atoms with Gasteiger partial charge in [0.15, 0.2) is 0 Å². The maximum Gasteiger partial charge on any atom is 0.330 e. The molecule has 1 aliphatic rings.